The van der Waals surface area contributed by atoms with E-state index in [2.05, 4.69) is 44.0 Å². The number of morpholine rings is 1. The number of pyridine rings is 1. The summed E-state index contributed by atoms with van der Waals surface area (Å²) in [6, 6.07) is 5.30. The Hall–Kier alpha value is -2.25. The Kier molecular flexibility index (Phi) is 5.22. The maximum atomic E-state index is 12.5. The molecule has 1 unspecified atom stereocenters. The second kappa shape index (κ2) is 7.78. The van der Waals surface area contributed by atoms with Crippen LogP contribution in [-0.2, 0) is 11.8 Å². The summed E-state index contributed by atoms with van der Waals surface area (Å²) in [5.41, 5.74) is 1.49. The zero-order valence-corrected chi connectivity index (χ0v) is 16.7. The number of ether oxygens (including phenoxy) is 1. The van der Waals surface area contributed by atoms with Gasteiger partial charge in [-0.05, 0) is 18.6 Å². The van der Waals surface area contributed by atoms with E-state index in [0.717, 1.165) is 16.5 Å². The molecule has 7 heteroatoms. The Morgan fingerprint density at radius 2 is 2.11 bits per heavy atom. The molecule has 6 nitrogen and oxygen atoms in total. The molecular formula is C20H21BrN4O2. The van der Waals surface area contributed by atoms with Crippen LogP contribution in [0.2, 0.25) is 0 Å². The van der Waals surface area contributed by atoms with E-state index in [9.17, 15) is 4.79 Å². The predicted molar refractivity (Wildman–Crippen MR) is 109 cm³/mol. The fourth-order valence-corrected chi connectivity index (χ4v) is 3.82. The summed E-state index contributed by atoms with van der Waals surface area (Å²) in [5, 5.41) is 0. The maximum Gasteiger partial charge on any atom is 0.255 e. The van der Waals surface area contributed by atoms with E-state index in [0.29, 0.717) is 37.3 Å². The Balaban J connectivity index is 1.61. The summed E-state index contributed by atoms with van der Waals surface area (Å²) < 4.78 is 8.75. The standard InChI is InChI=1S/C20H21BrN4O2/c1-24-19(26)12-17(14-6-8-22-9-7-14)23-20(24)25-10-11-27-18(13-25)15-2-4-16(21)5-3-15/h2,4-9,12,15,18H,3,10-11,13H2,1H3/t15?,18-/m0/s1. The van der Waals surface area contributed by atoms with Crippen molar-refractivity contribution in [1.29, 1.82) is 0 Å². The Bertz CT molecular complexity index is 939. The molecule has 1 fully saturated rings. The van der Waals surface area contributed by atoms with Gasteiger partial charge in [0.2, 0.25) is 5.95 Å². The normalized spacial score (nSPS) is 22.6. The van der Waals surface area contributed by atoms with Crippen LogP contribution in [-0.4, -0.2) is 40.3 Å². The molecule has 3 heterocycles. The first-order chi connectivity index (χ1) is 13.1. The fraction of sp³-hybridized carbons (Fsp3) is 0.350. The topological polar surface area (TPSA) is 60.2 Å². The molecule has 2 aliphatic rings. The highest BCUT2D eigenvalue weighted by atomic mass is 79.9. The second-order valence-corrected chi connectivity index (χ2v) is 7.69. The summed E-state index contributed by atoms with van der Waals surface area (Å²) in [6.45, 7) is 2.04. The molecule has 4 rings (SSSR count). The molecule has 2 aromatic rings. The molecule has 0 radical (unpaired) electrons. The fourth-order valence-electron chi connectivity index (χ4n) is 3.48. The lowest BCUT2D eigenvalue weighted by molar-refractivity contribution is 0.0139. The van der Waals surface area contributed by atoms with Crippen molar-refractivity contribution in [1.82, 2.24) is 14.5 Å². The summed E-state index contributed by atoms with van der Waals surface area (Å²) >= 11 is 3.51. The van der Waals surface area contributed by atoms with Gasteiger partial charge in [0.1, 0.15) is 0 Å². The highest BCUT2D eigenvalue weighted by Gasteiger charge is 2.29. The number of anilines is 1. The molecule has 1 saturated heterocycles. The van der Waals surface area contributed by atoms with E-state index in [4.69, 9.17) is 9.72 Å². The number of allylic oxidation sites excluding steroid dienone is 3. The van der Waals surface area contributed by atoms with Crippen molar-refractivity contribution in [2.45, 2.75) is 12.5 Å². The third kappa shape index (κ3) is 3.89. The van der Waals surface area contributed by atoms with Gasteiger partial charge in [0.15, 0.2) is 0 Å². The van der Waals surface area contributed by atoms with Gasteiger partial charge in [0, 0.05) is 54.6 Å². The first-order valence-electron chi connectivity index (χ1n) is 9.01. The lowest BCUT2D eigenvalue weighted by Crippen LogP contribution is -2.47. The Morgan fingerprint density at radius 3 is 2.85 bits per heavy atom. The van der Waals surface area contributed by atoms with Gasteiger partial charge in [0.05, 0.1) is 18.4 Å². The highest BCUT2D eigenvalue weighted by molar-refractivity contribution is 9.11. The number of rotatable bonds is 3. The van der Waals surface area contributed by atoms with Crippen LogP contribution in [0.1, 0.15) is 6.42 Å². The smallest absolute Gasteiger partial charge is 0.255 e. The molecule has 2 aromatic heterocycles. The molecule has 140 valence electrons. The van der Waals surface area contributed by atoms with E-state index in [-0.39, 0.29) is 11.7 Å². The monoisotopic (exact) mass is 428 g/mol. The third-order valence-corrected chi connectivity index (χ3v) is 5.62. The maximum absolute atomic E-state index is 12.5. The average Bonchev–Trinajstić information content (AvgIpc) is 2.71. The lowest BCUT2D eigenvalue weighted by Gasteiger charge is -2.37. The van der Waals surface area contributed by atoms with Crippen molar-refractivity contribution in [3.05, 3.63) is 63.7 Å². The molecule has 1 aliphatic heterocycles. The van der Waals surface area contributed by atoms with Gasteiger partial charge in [0.25, 0.3) is 5.56 Å². The van der Waals surface area contributed by atoms with Gasteiger partial charge >= 0.3 is 0 Å². The van der Waals surface area contributed by atoms with Crippen LogP contribution in [0.4, 0.5) is 5.95 Å². The molecule has 0 N–H and O–H groups in total. The molecule has 2 atom stereocenters. The molecule has 0 saturated carbocycles. The van der Waals surface area contributed by atoms with Crippen molar-refractivity contribution in [2.75, 3.05) is 24.6 Å². The predicted octanol–water partition coefficient (Wildman–Crippen LogP) is 2.90. The largest absolute Gasteiger partial charge is 0.374 e. The van der Waals surface area contributed by atoms with Crippen LogP contribution in [0.5, 0.6) is 0 Å². The minimum absolute atomic E-state index is 0.0701. The second-order valence-electron chi connectivity index (χ2n) is 6.78. The molecule has 1 aliphatic carbocycles. The SMILES string of the molecule is Cn1c(N2CCO[C@H](C3C=CC(Br)=CC3)C2)nc(-c2ccncc2)cc1=O. The zero-order valence-electron chi connectivity index (χ0n) is 15.1. The van der Waals surface area contributed by atoms with Crippen LogP contribution >= 0.6 is 15.9 Å². The quantitative estimate of drug-likeness (QED) is 0.751. The Morgan fingerprint density at radius 1 is 1.30 bits per heavy atom. The van der Waals surface area contributed by atoms with Crippen LogP contribution in [0.25, 0.3) is 11.3 Å². The number of hydrogen-bond acceptors (Lipinski definition) is 5. The minimum atomic E-state index is -0.0701. The minimum Gasteiger partial charge on any atom is -0.374 e. The first kappa shape index (κ1) is 18.1. The van der Waals surface area contributed by atoms with Gasteiger partial charge in [-0.1, -0.05) is 34.2 Å². The number of aromatic nitrogens is 3. The average molecular weight is 429 g/mol. The van der Waals surface area contributed by atoms with Crippen LogP contribution in [0.15, 0.2) is 58.1 Å². The van der Waals surface area contributed by atoms with Crippen molar-refractivity contribution in [3.63, 3.8) is 0 Å². The summed E-state index contributed by atoms with van der Waals surface area (Å²) in [6.07, 6.45) is 10.9. The first-order valence-corrected chi connectivity index (χ1v) is 9.80. The molecular weight excluding hydrogens is 408 g/mol. The molecule has 27 heavy (non-hydrogen) atoms. The van der Waals surface area contributed by atoms with Crippen molar-refractivity contribution in [3.8, 4) is 11.3 Å². The van der Waals surface area contributed by atoms with Crippen molar-refractivity contribution in [2.24, 2.45) is 13.0 Å². The zero-order chi connectivity index (χ0) is 18.8. The third-order valence-electron chi connectivity index (χ3n) is 5.03. The van der Waals surface area contributed by atoms with Gasteiger partial charge in [-0.3, -0.25) is 14.3 Å². The summed E-state index contributed by atoms with van der Waals surface area (Å²) in [4.78, 5) is 23.5. The molecule has 0 spiro atoms. The van der Waals surface area contributed by atoms with E-state index < -0.39 is 0 Å². The molecule has 0 aromatic carbocycles. The number of nitrogens with zero attached hydrogens (tertiary/aromatic N) is 4. The van der Waals surface area contributed by atoms with E-state index >= 15 is 0 Å². The van der Waals surface area contributed by atoms with Crippen LogP contribution in [0, 0.1) is 5.92 Å². The van der Waals surface area contributed by atoms with E-state index in [1.54, 1.807) is 30.1 Å². The summed E-state index contributed by atoms with van der Waals surface area (Å²) in [5.74, 6) is 1.01. The summed E-state index contributed by atoms with van der Waals surface area (Å²) in [7, 11) is 1.77. The van der Waals surface area contributed by atoms with Crippen molar-refractivity contribution < 1.29 is 4.74 Å². The van der Waals surface area contributed by atoms with Crippen molar-refractivity contribution >= 4 is 21.9 Å². The number of halogens is 1. The van der Waals surface area contributed by atoms with Gasteiger partial charge in [-0.15, -0.1) is 0 Å². The Labute approximate surface area is 166 Å². The highest BCUT2D eigenvalue weighted by Crippen LogP contribution is 2.27. The molecule has 0 bridgehead atoms. The van der Waals surface area contributed by atoms with E-state index in [1.165, 1.54) is 0 Å². The van der Waals surface area contributed by atoms with Gasteiger partial charge in [-0.25, -0.2) is 4.98 Å². The molecule has 0 amide bonds. The number of hydrogen-bond donors (Lipinski definition) is 0. The van der Waals surface area contributed by atoms with Crippen LogP contribution < -0.4 is 10.5 Å². The van der Waals surface area contributed by atoms with Crippen LogP contribution in [0.3, 0.4) is 0 Å². The lowest BCUT2D eigenvalue weighted by atomic mass is 9.93. The van der Waals surface area contributed by atoms with Gasteiger partial charge < -0.3 is 9.64 Å². The van der Waals surface area contributed by atoms with Gasteiger partial charge in [-0.2, -0.15) is 0 Å². The van der Waals surface area contributed by atoms with E-state index in [1.807, 2.05) is 12.1 Å².